The number of ether oxygens (including phenoxy) is 1. The highest BCUT2D eigenvalue weighted by Crippen LogP contribution is 2.18. The summed E-state index contributed by atoms with van der Waals surface area (Å²) in [6, 6.07) is 4.85. The van der Waals surface area contributed by atoms with Crippen LogP contribution in [0.25, 0.3) is 0 Å². The number of nitrogens with one attached hydrogen (secondary N) is 1. The summed E-state index contributed by atoms with van der Waals surface area (Å²) in [7, 11) is 0. The second-order valence-corrected chi connectivity index (χ2v) is 5.32. The Hall–Kier alpha value is -1.86. The van der Waals surface area contributed by atoms with Crippen molar-refractivity contribution in [3.8, 4) is 0 Å². The molecule has 1 aliphatic heterocycles. The van der Waals surface area contributed by atoms with Crippen molar-refractivity contribution in [2.24, 2.45) is 10.2 Å². The first-order chi connectivity index (χ1) is 10.1. The van der Waals surface area contributed by atoms with Gasteiger partial charge in [-0.05, 0) is 24.6 Å². The van der Waals surface area contributed by atoms with Crippen LogP contribution in [0, 0.1) is 0 Å². The van der Waals surface area contributed by atoms with E-state index in [0.717, 1.165) is 0 Å². The van der Waals surface area contributed by atoms with E-state index >= 15 is 0 Å². The largest absolute Gasteiger partial charge is 0.462 e. The maximum atomic E-state index is 11.6. The Morgan fingerprint density at radius 3 is 3.00 bits per heavy atom. The Morgan fingerprint density at radius 2 is 2.38 bits per heavy atom. The zero-order chi connectivity index (χ0) is 15.2. The van der Waals surface area contributed by atoms with Crippen LogP contribution in [-0.2, 0) is 9.53 Å². The molecule has 0 aliphatic carbocycles. The molecule has 21 heavy (non-hydrogen) atoms. The van der Waals surface area contributed by atoms with Crippen LogP contribution in [-0.4, -0.2) is 35.6 Å². The molecule has 0 atom stereocenters. The van der Waals surface area contributed by atoms with Gasteiger partial charge in [0.15, 0.2) is 5.17 Å². The molecule has 6 nitrogen and oxygen atoms in total. The molecule has 0 spiro atoms. The van der Waals surface area contributed by atoms with Crippen molar-refractivity contribution in [2.45, 2.75) is 6.92 Å². The molecular formula is C13H12ClN3O3S. The minimum Gasteiger partial charge on any atom is -0.462 e. The zero-order valence-electron chi connectivity index (χ0n) is 11.1. The van der Waals surface area contributed by atoms with Crippen molar-refractivity contribution in [2.75, 3.05) is 12.4 Å². The summed E-state index contributed by atoms with van der Waals surface area (Å²) in [5.41, 5.74) is 0.993. The second kappa shape index (κ2) is 7.24. The SMILES string of the molecule is CCOC(=O)c1ccc(C=NN=C2NC(=O)CS2)cc1Cl. The number of carbonyl (C=O) groups excluding carboxylic acids is 2. The first-order valence-electron chi connectivity index (χ1n) is 6.10. The summed E-state index contributed by atoms with van der Waals surface area (Å²) >= 11 is 7.31. The molecule has 2 rings (SSSR count). The van der Waals surface area contributed by atoms with Crippen molar-refractivity contribution >= 4 is 46.6 Å². The van der Waals surface area contributed by atoms with E-state index in [1.807, 2.05) is 0 Å². The molecule has 1 amide bonds. The zero-order valence-corrected chi connectivity index (χ0v) is 12.7. The molecule has 1 heterocycles. The third-order valence-electron chi connectivity index (χ3n) is 2.43. The van der Waals surface area contributed by atoms with Crippen LogP contribution in [0.2, 0.25) is 5.02 Å². The van der Waals surface area contributed by atoms with Crippen LogP contribution in [0.15, 0.2) is 28.4 Å². The van der Waals surface area contributed by atoms with E-state index in [0.29, 0.717) is 28.7 Å². The highest BCUT2D eigenvalue weighted by atomic mass is 35.5. The number of halogens is 1. The number of esters is 1. The van der Waals surface area contributed by atoms with Gasteiger partial charge in [0, 0.05) is 0 Å². The minimum absolute atomic E-state index is 0.0872. The quantitative estimate of drug-likeness (QED) is 0.522. The van der Waals surface area contributed by atoms with E-state index < -0.39 is 5.97 Å². The number of hydrogen-bond acceptors (Lipinski definition) is 6. The van der Waals surface area contributed by atoms with E-state index in [2.05, 4.69) is 15.5 Å². The van der Waals surface area contributed by atoms with Crippen LogP contribution in [0.5, 0.6) is 0 Å². The maximum absolute atomic E-state index is 11.6. The first kappa shape index (κ1) is 15.5. The van der Waals surface area contributed by atoms with Crippen LogP contribution in [0.1, 0.15) is 22.8 Å². The molecule has 1 aliphatic rings. The smallest absolute Gasteiger partial charge is 0.339 e. The number of hydrogen-bond donors (Lipinski definition) is 1. The predicted octanol–water partition coefficient (Wildman–Crippen LogP) is 2.07. The van der Waals surface area contributed by atoms with Crippen LogP contribution >= 0.6 is 23.4 Å². The topological polar surface area (TPSA) is 80.1 Å². The molecular weight excluding hydrogens is 314 g/mol. The standard InChI is InChI=1S/C13H12ClN3O3S/c1-2-20-12(19)9-4-3-8(5-10(9)14)6-15-17-13-16-11(18)7-21-13/h3-6H,2,7H2,1H3,(H,16,17,18). The van der Waals surface area contributed by atoms with Gasteiger partial charge in [-0.1, -0.05) is 29.4 Å². The molecule has 0 radical (unpaired) electrons. The molecule has 8 heteroatoms. The number of nitrogens with zero attached hydrogens (tertiary/aromatic N) is 2. The van der Waals surface area contributed by atoms with Gasteiger partial charge in [0.1, 0.15) is 0 Å². The Balaban J connectivity index is 2.06. The minimum atomic E-state index is -0.462. The van der Waals surface area contributed by atoms with Crippen LogP contribution in [0.4, 0.5) is 0 Å². The Kier molecular flexibility index (Phi) is 5.35. The Bertz CT molecular complexity index is 631. The lowest BCUT2D eigenvalue weighted by atomic mass is 10.1. The third-order valence-corrected chi connectivity index (χ3v) is 3.61. The summed E-state index contributed by atoms with van der Waals surface area (Å²) in [6.45, 7) is 2.02. The van der Waals surface area contributed by atoms with E-state index in [4.69, 9.17) is 16.3 Å². The van der Waals surface area contributed by atoms with Gasteiger partial charge in [0.2, 0.25) is 5.91 Å². The van der Waals surface area contributed by atoms with Gasteiger partial charge in [-0.15, -0.1) is 5.10 Å². The lowest BCUT2D eigenvalue weighted by molar-refractivity contribution is -0.116. The molecule has 1 aromatic rings. The molecule has 0 unspecified atom stereocenters. The summed E-state index contributed by atoms with van der Waals surface area (Å²) in [5, 5.41) is 11.0. The highest BCUT2D eigenvalue weighted by Gasteiger charge is 2.16. The van der Waals surface area contributed by atoms with E-state index in [9.17, 15) is 9.59 Å². The lowest BCUT2D eigenvalue weighted by Crippen LogP contribution is -2.19. The van der Waals surface area contributed by atoms with Gasteiger partial charge in [-0.25, -0.2) is 4.79 Å². The van der Waals surface area contributed by atoms with E-state index in [1.165, 1.54) is 18.0 Å². The van der Waals surface area contributed by atoms with Gasteiger partial charge in [-0.3, -0.25) is 4.79 Å². The molecule has 1 N–H and O–H groups in total. The van der Waals surface area contributed by atoms with Crippen LogP contribution in [0.3, 0.4) is 0 Å². The van der Waals surface area contributed by atoms with Crippen molar-refractivity contribution in [1.82, 2.24) is 5.32 Å². The summed E-state index contributed by atoms with van der Waals surface area (Å²) in [5.74, 6) is -0.193. The fraction of sp³-hybridized carbons (Fsp3) is 0.231. The third kappa shape index (κ3) is 4.30. The molecule has 110 valence electrons. The molecule has 1 saturated heterocycles. The van der Waals surface area contributed by atoms with E-state index in [-0.39, 0.29) is 10.9 Å². The number of thioether (sulfide) groups is 1. The monoisotopic (exact) mass is 325 g/mol. The maximum Gasteiger partial charge on any atom is 0.339 e. The average Bonchev–Trinajstić information content (AvgIpc) is 2.85. The Labute approximate surface area is 130 Å². The van der Waals surface area contributed by atoms with Crippen molar-refractivity contribution in [3.63, 3.8) is 0 Å². The van der Waals surface area contributed by atoms with Crippen LogP contribution < -0.4 is 5.32 Å². The van der Waals surface area contributed by atoms with E-state index in [1.54, 1.807) is 25.1 Å². The fourth-order valence-corrected chi connectivity index (χ4v) is 2.41. The second-order valence-electron chi connectivity index (χ2n) is 3.95. The van der Waals surface area contributed by atoms with Gasteiger partial charge < -0.3 is 10.1 Å². The summed E-state index contributed by atoms with van der Waals surface area (Å²) in [6.07, 6.45) is 1.48. The Morgan fingerprint density at radius 1 is 1.57 bits per heavy atom. The van der Waals surface area contributed by atoms with Crippen molar-refractivity contribution in [3.05, 3.63) is 34.3 Å². The van der Waals surface area contributed by atoms with Crippen molar-refractivity contribution < 1.29 is 14.3 Å². The number of carbonyl (C=O) groups is 2. The number of rotatable bonds is 4. The lowest BCUT2D eigenvalue weighted by Gasteiger charge is -2.04. The van der Waals surface area contributed by atoms with Gasteiger partial charge in [0.05, 0.1) is 29.2 Å². The average molecular weight is 326 g/mol. The first-order valence-corrected chi connectivity index (χ1v) is 7.47. The van der Waals surface area contributed by atoms with Crippen molar-refractivity contribution in [1.29, 1.82) is 0 Å². The normalized spacial score (nSPS) is 16.5. The molecule has 0 saturated carbocycles. The number of benzene rings is 1. The summed E-state index contributed by atoms with van der Waals surface area (Å²) < 4.78 is 4.89. The van der Waals surface area contributed by atoms with Gasteiger partial charge in [-0.2, -0.15) is 5.10 Å². The van der Waals surface area contributed by atoms with Gasteiger partial charge >= 0.3 is 5.97 Å². The fourth-order valence-electron chi connectivity index (χ4n) is 1.51. The molecule has 1 fully saturated rings. The molecule has 1 aromatic carbocycles. The highest BCUT2D eigenvalue weighted by molar-refractivity contribution is 8.15. The number of amidine groups is 1. The predicted molar refractivity (Wildman–Crippen MR) is 83.0 cm³/mol. The summed E-state index contributed by atoms with van der Waals surface area (Å²) in [4.78, 5) is 22.6. The number of amides is 1. The molecule has 0 aromatic heterocycles. The van der Waals surface area contributed by atoms with Gasteiger partial charge in [0.25, 0.3) is 0 Å². The molecule has 0 bridgehead atoms.